The first-order valence-electron chi connectivity index (χ1n) is 11.3. The first-order chi connectivity index (χ1) is 16.2. The Hall–Kier alpha value is -3.04. The first kappa shape index (κ1) is 25.6. The van der Waals surface area contributed by atoms with Crippen molar-refractivity contribution in [2.45, 2.75) is 50.5 Å². The number of hydrogen-bond donors (Lipinski definition) is 2. The summed E-state index contributed by atoms with van der Waals surface area (Å²) in [5, 5.41) is 7.26. The third-order valence-electron chi connectivity index (χ3n) is 5.34. The van der Waals surface area contributed by atoms with E-state index >= 15 is 0 Å². The molecule has 182 valence electrons. The van der Waals surface area contributed by atoms with E-state index < -0.39 is 10.0 Å². The lowest BCUT2D eigenvalue weighted by atomic mass is 10.1. The van der Waals surface area contributed by atoms with E-state index in [-0.39, 0.29) is 22.7 Å². The SMILES string of the molecule is CC(C)NS(=O)(=O)c1ccc(C(=O)N(C)CCCCCc2cc(-c3cccc(F)c3)n[nH]2)cc1. The van der Waals surface area contributed by atoms with Crippen molar-refractivity contribution in [2.24, 2.45) is 0 Å². The van der Waals surface area contributed by atoms with Gasteiger partial charge in [-0.3, -0.25) is 9.89 Å². The molecule has 0 aliphatic rings. The Balaban J connectivity index is 1.43. The summed E-state index contributed by atoms with van der Waals surface area (Å²) in [4.78, 5) is 14.4. The van der Waals surface area contributed by atoms with Crippen molar-refractivity contribution in [1.29, 1.82) is 0 Å². The van der Waals surface area contributed by atoms with Crippen molar-refractivity contribution in [1.82, 2.24) is 19.8 Å². The molecule has 0 atom stereocenters. The summed E-state index contributed by atoms with van der Waals surface area (Å²) in [7, 11) is -1.84. The van der Waals surface area contributed by atoms with Gasteiger partial charge in [0.25, 0.3) is 5.91 Å². The van der Waals surface area contributed by atoms with E-state index in [4.69, 9.17) is 0 Å². The molecule has 0 bridgehead atoms. The molecule has 0 radical (unpaired) electrons. The third-order valence-corrected chi connectivity index (χ3v) is 7.01. The number of amides is 1. The van der Waals surface area contributed by atoms with Crippen LogP contribution in [-0.4, -0.2) is 49.1 Å². The molecule has 0 spiro atoms. The Morgan fingerprint density at radius 3 is 2.50 bits per heavy atom. The predicted octanol–water partition coefficient (Wildman–Crippen LogP) is 4.39. The van der Waals surface area contributed by atoms with Crippen LogP contribution in [0.1, 0.15) is 49.2 Å². The maximum atomic E-state index is 13.4. The van der Waals surface area contributed by atoms with E-state index in [1.165, 1.54) is 24.3 Å². The lowest BCUT2D eigenvalue weighted by Crippen LogP contribution is -2.30. The fraction of sp³-hybridized carbons (Fsp3) is 0.360. The second-order valence-corrected chi connectivity index (χ2v) is 10.3. The van der Waals surface area contributed by atoms with Gasteiger partial charge in [-0.05, 0) is 75.6 Å². The van der Waals surface area contributed by atoms with Crippen molar-refractivity contribution < 1.29 is 17.6 Å². The molecule has 34 heavy (non-hydrogen) atoms. The summed E-state index contributed by atoms with van der Waals surface area (Å²) >= 11 is 0. The van der Waals surface area contributed by atoms with E-state index in [1.54, 1.807) is 44.0 Å². The zero-order valence-corrected chi connectivity index (χ0v) is 20.5. The maximum absolute atomic E-state index is 13.4. The van der Waals surface area contributed by atoms with Gasteiger partial charge in [0, 0.05) is 36.5 Å². The summed E-state index contributed by atoms with van der Waals surface area (Å²) in [5.41, 5.74) is 2.90. The van der Waals surface area contributed by atoms with Gasteiger partial charge in [-0.15, -0.1) is 0 Å². The molecular weight excluding hydrogens is 455 g/mol. The highest BCUT2D eigenvalue weighted by Gasteiger charge is 2.17. The average Bonchev–Trinajstić information content (AvgIpc) is 3.26. The van der Waals surface area contributed by atoms with Crippen molar-refractivity contribution in [2.75, 3.05) is 13.6 Å². The van der Waals surface area contributed by atoms with Crippen LogP contribution in [0.25, 0.3) is 11.3 Å². The number of halogens is 1. The van der Waals surface area contributed by atoms with Gasteiger partial charge in [-0.1, -0.05) is 18.6 Å². The van der Waals surface area contributed by atoms with Crippen LogP contribution in [0.2, 0.25) is 0 Å². The lowest BCUT2D eigenvalue weighted by molar-refractivity contribution is 0.0792. The Bertz CT molecular complexity index is 1210. The molecule has 0 unspecified atom stereocenters. The van der Waals surface area contributed by atoms with E-state index in [0.29, 0.717) is 12.1 Å². The molecule has 3 rings (SSSR count). The fourth-order valence-electron chi connectivity index (χ4n) is 3.60. The summed E-state index contributed by atoms with van der Waals surface area (Å²) in [6.07, 6.45) is 3.53. The Labute approximate surface area is 200 Å². The summed E-state index contributed by atoms with van der Waals surface area (Å²) in [6, 6.07) is 14.1. The van der Waals surface area contributed by atoms with Gasteiger partial charge in [0.15, 0.2) is 0 Å². The number of aryl methyl sites for hydroxylation is 1. The van der Waals surface area contributed by atoms with Gasteiger partial charge in [-0.2, -0.15) is 5.10 Å². The molecule has 0 aliphatic heterocycles. The molecule has 7 nitrogen and oxygen atoms in total. The minimum atomic E-state index is -3.58. The maximum Gasteiger partial charge on any atom is 0.253 e. The molecule has 0 aliphatic carbocycles. The lowest BCUT2D eigenvalue weighted by Gasteiger charge is -2.17. The highest BCUT2D eigenvalue weighted by Crippen LogP contribution is 2.19. The van der Waals surface area contributed by atoms with Gasteiger partial charge in [0.1, 0.15) is 5.82 Å². The van der Waals surface area contributed by atoms with Gasteiger partial charge in [0.2, 0.25) is 10.0 Å². The topological polar surface area (TPSA) is 95.2 Å². The summed E-state index contributed by atoms with van der Waals surface area (Å²) in [6.45, 7) is 4.11. The summed E-state index contributed by atoms with van der Waals surface area (Å²) in [5.74, 6) is -0.432. The van der Waals surface area contributed by atoms with Gasteiger partial charge >= 0.3 is 0 Å². The van der Waals surface area contributed by atoms with Crippen LogP contribution in [0.4, 0.5) is 4.39 Å². The van der Waals surface area contributed by atoms with E-state index in [0.717, 1.165) is 42.6 Å². The fourth-order valence-corrected chi connectivity index (χ4v) is 4.85. The number of nitrogens with zero attached hydrogens (tertiary/aromatic N) is 2. The van der Waals surface area contributed by atoms with Gasteiger partial charge in [0.05, 0.1) is 10.6 Å². The molecule has 9 heteroatoms. The number of H-pyrrole nitrogens is 1. The van der Waals surface area contributed by atoms with Crippen LogP contribution >= 0.6 is 0 Å². The second kappa shape index (κ2) is 11.4. The molecular formula is C25H31FN4O3S. The van der Waals surface area contributed by atoms with Gasteiger partial charge < -0.3 is 4.90 Å². The van der Waals surface area contributed by atoms with Crippen molar-refractivity contribution in [3.63, 3.8) is 0 Å². The molecule has 2 N–H and O–H groups in total. The summed E-state index contributed by atoms with van der Waals surface area (Å²) < 4.78 is 40.4. The Morgan fingerprint density at radius 1 is 1.09 bits per heavy atom. The quantitative estimate of drug-likeness (QED) is 0.393. The third kappa shape index (κ3) is 6.98. The number of benzene rings is 2. The van der Waals surface area contributed by atoms with E-state index in [1.807, 2.05) is 12.1 Å². The normalized spacial score (nSPS) is 11.7. The minimum Gasteiger partial charge on any atom is -0.342 e. The van der Waals surface area contributed by atoms with Gasteiger partial charge in [-0.25, -0.2) is 17.5 Å². The minimum absolute atomic E-state index is 0.139. The van der Waals surface area contributed by atoms with Crippen LogP contribution in [-0.2, 0) is 16.4 Å². The smallest absolute Gasteiger partial charge is 0.253 e. The highest BCUT2D eigenvalue weighted by molar-refractivity contribution is 7.89. The monoisotopic (exact) mass is 486 g/mol. The Morgan fingerprint density at radius 2 is 1.82 bits per heavy atom. The number of rotatable bonds is 11. The molecule has 0 saturated heterocycles. The molecule has 1 heterocycles. The number of nitrogens with one attached hydrogen (secondary N) is 2. The van der Waals surface area contributed by atoms with Crippen LogP contribution in [0, 0.1) is 5.82 Å². The molecule has 2 aromatic carbocycles. The molecule has 0 saturated carbocycles. The number of sulfonamides is 1. The largest absolute Gasteiger partial charge is 0.342 e. The van der Waals surface area contributed by atoms with E-state index in [2.05, 4.69) is 14.9 Å². The second-order valence-electron chi connectivity index (χ2n) is 8.63. The molecule has 1 amide bonds. The molecule has 0 fully saturated rings. The molecule has 1 aromatic heterocycles. The number of carbonyl (C=O) groups excluding carboxylic acids is 1. The zero-order chi connectivity index (χ0) is 24.7. The van der Waals surface area contributed by atoms with Crippen LogP contribution < -0.4 is 4.72 Å². The van der Waals surface area contributed by atoms with E-state index in [9.17, 15) is 17.6 Å². The van der Waals surface area contributed by atoms with Crippen molar-refractivity contribution in [3.05, 3.63) is 71.7 Å². The van der Waals surface area contributed by atoms with Crippen LogP contribution in [0.3, 0.4) is 0 Å². The van der Waals surface area contributed by atoms with Crippen LogP contribution in [0.15, 0.2) is 59.5 Å². The molecule has 3 aromatic rings. The standard InChI is InChI=1S/C25H31FN4O3S/c1-18(2)29-34(32,33)23-13-11-19(12-14-23)25(31)30(3)15-6-4-5-10-22-17-24(28-27-22)20-8-7-9-21(26)16-20/h7-9,11-14,16-18,29H,4-6,10,15H2,1-3H3,(H,27,28). The zero-order valence-electron chi connectivity index (χ0n) is 19.7. The first-order valence-corrected chi connectivity index (χ1v) is 12.8. The number of hydrogen-bond acceptors (Lipinski definition) is 4. The number of aromatic nitrogens is 2. The number of unbranched alkanes of at least 4 members (excludes halogenated alkanes) is 2. The number of carbonyl (C=O) groups is 1. The van der Waals surface area contributed by atoms with Crippen LogP contribution in [0.5, 0.6) is 0 Å². The number of aromatic amines is 1. The predicted molar refractivity (Wildman–Crippen MR) is 130 cm³/mol. The highest BCUT2D eigenvalue weighted by atomic mass is 32.2. The Kier molecular flexibility index (Phi) is 8.57. The average molecular weight is 487 g/mol. The van der Waals surface area contributed by atoms with Crippen molar-refractivity contribution >= 4 is 15.9 Å². The van der Waals surface area contributed by atoms with Crippen molar-refractivity contribution in [3.8, 4) is 11.3 Å².